The van der Waals surface area contributed by atoms with E-state index >= 15 is 0 Å². The number of hydrogen-bond donors (Lipinski definition) is 0. The van der Waals surface area contributed by atoms with Crippen molar-refractivity contribution in [3.63, 3.8) is 0 Å². The molecule has 0 saturated carbocycles. The number of halogens is 2. The van der Waals surface area contributed by atoms with Crippen molar-refractivity contribution >= 4 is 28.7 Å². The van der Waals surface area contributed by atoms with Crippen molar-refractivity contribution in [2.24, 2.45) is 14.1 Å². The van der Waals surface area contributed by atoms with Gasteiger partial charge < -0.3 is 0 Å². The quantitative estimate of drug-likeness (QED) is 0.371. The van der Waals surface area contributed by atoms with Crippen molar-refractivity contribution in [2.75, 3.05) is 0 Å². The fraction of sp³-hybridized carbons (Fsp3) is 0.182. The molecule has 0 bridgehead atoms. The Kier molecular flexibility index (Phi) is 5.12. The largest absolute Gasteiger partial charge is 0.332 e. The van der Waals surface area contributed by atoms with E-state index in [-0.39, 0.29) is 23.7 Å². The topological polar surface area (TPSA) is 79.1 Å². The first kappa shape index (κ1) is 21.1. The van der Waals surface area contributed by atoms with Gasteiger partial charge in [-0.05, 0) is 35.4 Å². The van der Waals surface area contributed by atoms with Crippen LogP contribution >= 0.6 is 11.8 Å². The first-order chi connectivity index (χ1) is 15.8. The molecule has 0 aliphatic rings. The molecule has 0 atom stereocenters. The van der Waals surface area contributed by atoms with E-state index in [0.717, 1.165) is 15.7 Å². The van der Waals surface area contributed by atoms with Crippen LogP contribution in [0.15, 0.2) is 63.3 Å². The van der Waals surface area contributed by atoms with Gasteiger partial charge in [-0.2, -0.15) is 0 Å². The summed E-state index contributed by atoms with van der Waals surface area (Å²) in [6.45, 7) is 0.238. The van der Waals surface area contributed by atoms with Crippen LogP contribution in [0, 0.1) is 11.6 Å². The Morgan fingerprint density at radius 1 is 0.848 bits per heavy atom. The van der Waals surface area contributed by atoms with Crippen molar-refractivity contribution in [3.05, 3.63) is 92.1 Å². The molecule has 8 nitrogen and oxygen atoms in total. The second kappa shape index (κ2) is 8.00. The lowest BCUT2D eigenvalue weighted by molar-refractivity contribution is 0.626. The average molecular weight is 468 g/mol. The summed E-state index contributed by atoms with van der Waals surface area (Å²) >= 11 is 1.36. The number of hydrogen-bond acceptors (Lipinski definition) is 5. The average Bonchev–Trinajstić information content (AvgIpc) is 3.36. The SMILES string of the molecule is Cn1c(=O)c2c(n(C)c1=O)n1c(SCc3ccc(F)cc3)nnc1n2Cc1ccc(F)cc1. The monoisotopic (exact) mass is 468 g/mol. The summed E-state index contributed by atoms with van der Waals surface area (Å²) in [6.07, 6.45) is 0. The van der Waals surface area contributed by atoms with Crippen LogP contribution in [-0.4, -0.2) is 28.3 Å². The number of aryl methyl sites for hydroxylation is 1. The molecule has 0 fully saturated rings. The highest BCUT2D eigenvalue weighted by Crippen LogP contribution is 2.26. The summed E-state index contributed by atoms with van der Waals surface area (Å²) < 4.78 is 32.4. The molecule has 3 heterocycles. The van der Waals surface area contributed by atoms with Crippen LogP contribution in [0.2, 0.25) is 0 Å². The van der Waals surface area contributed by atoms with E-state index < -0.39 is 11.2 Å². The molecule has 3 aromatic heterocycles. The van der Waals surface area contributed by atoms with E-state index in [2.05, 4.69) is 10.2 Å². The molecule has 0 unspecified atom stereocenters. The molecule has 0 N–H and O–H groups in total. The van der Waals surface area contributed by atoms with Crippen LogP contribution in [0.1, 0.15) is 11.1 Å². The maximum Gasteiger partial charge on any atom is 0.332 e. The Labute approximate surface area is 189 Å². The van der Waals surface area contributed by atoms with Gasteiger partial charge in [0.1, 0.15) is 11.6 Å². The van der Waals surface area contributed by atoms with Gasteiger partial charge in [-0.25, -0.2) is 18.0 Å². The molecular weight excluding hydrogens is 450 g/mol. The normalized spacial score (nSPS) is 11.6. The minimum atomic E-state index is -0.475. The first-order valence-corrected chi connectivity index (χ1v) is 11.0. The zero-order chi connectivity index (χ0) is 23.3. The second-order valence-electron chi connectivity index (χ2n) is 7.62. The van der Waals surface area contributed by atoms with E-state index in [9.17, 15) is 18.4 Å². The van der Waals surface area contributed by atoms with Crippen molar-refractivity contribution in [2.45, 2.75) is 17.5 Å². The van der Waals surface area contributed by atoms with E-state index in [1.165, 1.54) is 47.6 Å². The summed E-state index contributed by atoms with van der Waals surface area (Å²) in [5, 5.41) is 9.06. The third-order valence-electron chi connectivity index (χ3n) is 5.49. The summed E-state index contributed by atoms with van der Waals surface area (Å²) in [5.41, 5.74) is 1.37. The van der Waals surface area contributed by atoms with Crippen LogP contribution in [0.3, 0.4) is 0 Å². The highest BCUT2D eigenvalue weighted by atomic mass is 32.2. The van der Waals surface area contributed by atoms with Crippen LogP contribution in [-0.2, 0) is 26.4 Å². The van der Waals surface area contributed by atoms with Gasteiger partial charge in [0, 0.05) is 19.8 Å². The molecule has 33 heavy (non-hydrogen) atoms. The molecular formula is C22H18F2N6O2S. The zero-order valence-corrected chi connectivity index (χ0v) is 18.5. The lowest BCUT2D eigenvalue weighted by Crippen LogP contribution is -2.37. The minimum Gasteiger partial charge on any atom is -0.298 e. The number of thioether (sulfide) groups is 1. The Bertz CT molecular complexity index is 1610. The first-order valence-electron chi connectivity index (χ1n) is 10.00. The van der Waals surface area contributed by atoms with Crippen LogP contribution in [0.5, 0.6) is 0 Å². The van der Waals surface area contributed by atoms with Crippen molar-refractivity contribution in [1.82, 2.24) is 28.3 Å². The van der Waals surface area contributed by atoms with Crippen LogP contribution in [0.25, 0.3) is 16.9 Å². The van der Waals surface area contributed by atoms with E-state index in [1.807, 2.05) is 0 Å². The van der Waals surface area contributed by atoms with E-state index in [0.29, 0.717) is 22.3 Å². The van der Waals surface area contributed by atoms with Gasteiger partial charge in [0.15, 0.2) is 16.3 Å². The summed E-state index contributed by atoms with van der Waals surface area (Å²) in [4.78, 5) is 25.8. The fourth-order valence-corrected chi connectivity index (χ4v) is 4.66. The predicted molar refractivity (Wildman–Crippen MR) is 120 cm³/mol. The van der Waals surface area contributed by atoms with E-state index in [1.54, 1.807) is 40.3 Å². The maximum atomic E-state index is 13.4. The fourth-order valence-electron chi connectivity index (χ4n) is 3.77. The highest BCUT2D eigenvalue weighted by Gasteiger charge is 2.23. The summed E-state index contributed by atoms with van der Waals surface area (Å²) in [7, 11) is 3.00. The molecule has 0 saturated heterocycles. The third-order valence-corrected chi connectivity index (χ3v) is 6.49. The molecule has 11 heteroatoms. The number of fused-ring (bicyclic) bond motifs is 3. The molecule has 5 rings (SSSR count). The summed E-state index contributed by atoms with van der Waals surface area (Å²) in [5.74, 6) is 0.198. The van der Waals surface area contributed by atoms with Gasteiger partial charge in [-0.3, -0.25) is 18.5 Å². The number of imidazole rings is 1. The predicted octanol–water partition coefficient (Wildman–Crippen LogP) is 2.70. The lowest BCUT2D eigenvalue weighted by atomic mass is 10.2. The van der Waals surface area contributed by atoms with Crippen LogP contribution < -0.4 is 11.2 Å². The van der Waals surface area contributed by atoms with Gasteiger partial charge in [-0.15, -0.1) is 10.2 Å². The Morgan fingerprint density at radius 3 is 2.09 bits per heavy atom. The van der Waals surface area contributed by atoms with E-state index in [4.69, 9.17) is 0 Å². The third kappa shape index (κ3) is 3.54. The number of benzene rings is 2. The van der Waals surface area contributed by atoms with Crippen molar-refractivity contribution in [3.8, 4) is 0 Å². The van der Waals surface area contributed by atoms with Gasteiger partial charge in [0.2, 0.25) is 5.78 Å². The second-order valence-corrected chi connectivity index (χ2v) is 8.57. The zero-order valence-electron chi connectivity index (χ0n) is 17.7. The minimum absolute atomic E-state index is 0.238. The lowest BCUT2D eigenvalue weighted by Gasteiger charge is -2.07. The van der Waals surface area contributed by atoms with Gasteiger partial charge in [0.25, 0.3) is 5.56 Å². The van der Waals surface area contributed by atoms with Crippen molar-refractivity contribution < 1.29 is 8.78 Å². The van der Waals surface area contributed by atoms with Crippen molar-refractivity contribution in [1.29, 1.82) is 0 Å². The number of nitrogens with zero attached hydrogens (tertiary/aromatic N) is 6. The molecule has 168 valence electrons. The molecule has 0 spiro atoms. The smallest absolute Gasteiger partial charge is 0.298 e. The van der Waals surface area contributed by atoms with Gasteiger partial charge >= 0.3 is 5.69 Å². The van der Waals surface area contributed by atoms with Gasteiger partial charge in [0.05, 0.1) is 6.54 Å². The number of rotatable bonds is 5. The molecule has 5 aromatic rings. The Morgan fingerprint density at radius 2 is 1.45 bits per heavy atom. The van der Waals surface area contributed by atoms with Crippen LogP contribution in [0.4, 0.5) is 8.78 Å². The highest BCUT2D eigenvalue weighted by molar-refractivity contribution is 7.98. The molecule has 0 aliphatic heterocycles. The molecule has 2 aromatic carbocycles. The molecule has 0 amide bonds. The number of aromatic nitrogens is 6. The summed E-state index contributed by atoms with van der Waals surface area (Å²) in [6, 6.07) is 12.1. The Hall–Kier alpha value is -3.73. The Balaban J connectivity index is 1.70. The molecule has 0 radical (unpaired) electrons. The standard InChI is InChI=1S/C22H18F2N6O2S/c1-27-18-17(19(31)28(2)22(27)32)29(11-13-3-7-15(23)8-4-13)20-25-26-21(30(18)20)33-12-14-5-9-16(24)10-6-14/h3-10H,11-12H2,1-2H3. The molecule has 0 aliphatic carbocycles. The van der Waals surface area contributed by atoms with Gasteiger partial charge in [-0.1, -0.05) is 36.0 Å². The maximum absolute atomic E-state index is 13.4.